The van der Waals surface area contributed by atoms with Gasteiger partial charge in [0.25, 0.3) is 0 Å². The van der Waals surface area contributed by atoms with Gasteiger partial charge in [0.2, 0.25) is 5.91 Å². The van der Waals surface area contributed by atoms with E-state index in [1.165, 1.54) is 19.3 Å². The summed E-state index contributed by atoms with van der Waals surface area (Å²) in [6, 6.07) is 0. The number of nitrogens with zero attached hydrogens (tertiary/aromatic N) is 1. The van der Waals surface area contributed by atoms with Crippen molar-refractivity contribution in [2.24, 2.45) is 0 Å². The van der Waals surface area contributed by atoms with Gasteiger partial charge in [0, 0.05) is 6.42 Å². The van der Waals surface area contributed by atoms with E-state index in [2.05, 4.69) is 10.2 Å². The lowest BCUT2D eigenvalue weighted by Crippen LogP contribution is -2.40. The highest BCUT2D eigenvalue weighted by Crippen LogP contribution is 2.06. The first kappa shape index (κ1) is 9.52. The summed E-state index contributed by atoms with van der Waals surface area (Å²) in [6.45, 7) is 4.91. The smallest absolute Gasteiger partial charge is 0.220 e. The molecule has 70 valence electrons. The second-order valence-corrected chi connectivity index (χ2v) is 3.29. The molecule has 0 atom stereocenters. The fourth-order valence-corrected chi connectivity index (χ4v) is 1.44. The molecular weight excluding hydrogens is 152 g/mol. The third kappa shape index (κ3) is 3.22. The van der Waals surface area contributed by atoms with Crippen LogP contribution in [0.3, 0.4) is 0 Å². The van der Waals surface area contributed by atoms with Gasteiger partial charge < -0.3 is 5.32 Å². The second kappa shape index (κ2) is 5.14. The summed E-state index contributed by atoms with van der Waals surface area (Å²) in [5, 5.41) is 2.89. The van der Waals surface area contributed by atoms with Crippen molar-refractivity contribution in [3.8, 4) is 0 Å². The van der Waals surface area contributed by atoms with E-state index in [-0.39, 0.29) is 5.91 Å². The van der Waals surface area contributed by atoms with Gasteiger partial charge in [0.05, 0.1) is 6.67 Å². The van der Waals surface area contributed by atoms with Gasteiger partial charge in [-0.05, 0) is 25.9 Å². The molecule has 1 fully saturated rings. The van der Waals surface area contributed by atoms with Gasteiger partial charge >= 0.3 is 0 Å². The zero-order valence-electron chi connectivity index (χ0n) is 7.81. The zero-order valence-corrected chi connectivity index (χ0v) is 7.81. The van der Waals surface area contributed by atoms with Crippen LogP contribution in [0.1, 0.15) is 32.6 Å². The van der Waals surface area contributed by atoms with E-state index in [1.54, 1.807) is 0 Å². The van der Waals surface area contributed by atoms with Crippen LogP contribution in [-0.4, -0.2) is 30.6 Å². The lowest BCUT2D eigenvalue weighted by atomic mass is 10.1. The average molecular weight is 170 g/mol. The third-order valence-electron chi connectivity index (χ3n) is 2.27. The molecule has 1 amide bonds. The van der Waals surface area contributed by atoms with E-state index < -0.39 is 0 Å². The first-order chi connectivity index (χ1) is 5.83. The van der Waals surface area contributed by atoms with Crippen molar-refractivity contribution < 1.29 is 4.79 Å². The van der Waals surface area contributed by atoms with Crippen molar-refractivity contribution in [3.63, 3.8) is 0 Å². The number of piperidine rings is 1. The maximum atomic E-state index is 10.9. The quantitative estimate of drug-likeness (QED) is 0.684. The number of rotatable bonds is 3. The summed E-state index contributed by atoms with van der Waals surface area (Å²) in [7, 11) is 0. The molecule has 0 saturated carbocycles. The zero-order chi connectivity index (χ0) is 8.81. The molecule has 0 aromatic heterocycles. The Bertz CT molecular complexity index is 141. The Kier molecular flexibility index (Phi) is 4.08. The minimum absolute atomic E-state index is 0.153. The molecular formula is C9H18N2O. The summed E-state index contributed by atoms with van der Waals surface area (Å²) in [6.07, 6.45) is 4.50. The summed E-state index contributed by atoms with van der Waals surface area (Å²) < 4.78 is 0. The molecule has 1 saturated heterocycles. The standard InChI is InChI=1S/C9H18N2O/c1-2-9(12)10-8-11-6-4-3-5-7-11/h2-8H2,1H3,(H,10,12). The molecule has 1 aliphatic rings. The Morgan fingerprint density at radius 1 is 1.33 bits per heavy atom. The molecule has 0 unspecified atom stereocenters. The summed E-state index contributed by atoms with van der Waals surface area (Å²) in [5.74, 6) is 0.153. The molecule has 0 spiro atoms. The first-order valence-corrected chi connectivity index (χ1v) is 4.82. The van der Waals surface area contributed by atoms with Crippen LogP contribution in [0.15, 0.2) is 0 Å². The molecule has 12 heavy (non-hydrogen) atoms. The SMILES string of the molecule is CCC(=O)NCN1CCCCC1. The van der Waals surface area contributed by atoms with Crippen molar-refractivity contribution in [1.82, 2.24) is 10.2 Å². The van der Waals surface area contributed by atoms with Crippen molar-refractivity contribution in [2.45, 2.75) is 32.6 Å². The number of hydrogen-bond acceptors (Lipinski definition) is 2. The summed E-state index contributed by atoms with van der Waals surface area (Å²) >= 11 is 0. The molecule has 0 radical (unpaired) electrons. The van der Waals surface area contributed by atoms with E-state index in [0.717, 1.165) is 19.8 Å². The van der Waals surface area contributed by atoms with Crippen LogP contribution in [-0.2, 0) is 4.79 Å². The average Bonchev–Trinajstić information content (AvgIpc) is 2.16. The predicted molar refractivity (Wildman–Crippen MR) is 48.7 cm³/mol. The van der Waals surface area contributed by atoms with Gasteiger partial charge in [-0.25, -0.2) is 0 Å². The van der Waals surface area contributed by atoms with Gasteiger partial charge in [-0.2, -0.15) is 0 Å². The number of amides is 1. The second-order valence-electron chi connectivity index (χ2n) is 3.29. The molecule has 0 aliphatic carbocycles. The highest BCUT2D eigenvalue weighted by atomic mass is 16.1. The van der Waals surface area contributed by atoms with Gasteiger partial charge in [-0.15, -0.1) is 0 Å². The molecule has 0 aromatic rings. The van der Waals surface area contributed by atoms with Crippen LogP contribution in [0.4, 0.5) is 0 Å². The van der Waals surface area contributed by atoms with Gasteiger partial charge in [-0.1, -0.05) is 13.3 Å². The Hall–Kier alpha value is -0.570. The minimum atomic E-state index is 0.153. The Labute approximate surface area is 74.1 Å². The molecule has 3 heteroatoms. The number of carbonyl (C=O) groups is 1. The third-order valence-corrected chi connectivity index (χ3v) is 2.27. The fraction of sp³-hybridized carbons (Fsp3) is 0.889. The van der Waals surface area contributed by atoms with E-state index >= 15 is 0 Å². The van der Waals surface area contributed by atoms with Gasteiger partial charge in [0.15, 0.2) is 0 Å². The van der Waals surface area contributed by atoms with Crippen LogP contribution in [0.2, 0.25) is 0 Å². The Morgan fingerprint density at radius 2 is 2.00 bits per heavy atom. The predicted octanol–water partition coefficient (Wildman–Crippen LogP) is 0.956. The van der Waals surface area contributed by atoms with E-state index in [0.29, 0.717) is 6.42 Å². The number of carbonyl (C=O) groups excluding carboxylic acids is 1. The van der Waals surface area contributed by atoms with Gasteiger partial charge in [0.1, 0.15) is 0 Å². The van der Waals surface area contributed by atoms with Crippen molar-refractivity contribution in [2.75, 3.05) is 19.8 Å². The van der Waals surface area contributed by atoms with E-state index in [9.17, 15) is 4.79 Å². The van der Waals surface area contributed by atoms with Crippen molar-refractivity contribution in [1.29, 1.82) is 0 Å². The normalized spacial score (nSPS) is 19.1. The highest BCUT2D eigenvalue weighted by Gasteiger charge is 2.09. The fourth-order valence-electron chi connectivity index (χ4n) is 1.44. The van der Waals surface area contributed by atoms with Crippen molar-refractivity contribution in [3.05, 3.63) is 0 Å². The number of hydrogen-bond donors (Lipinski definition) is 1. The topological polar surface area (TPSA) is 32.3 Å². The summed E-state index contributed by atoms with van der Waals surface area (Å²) in [5.41, 5.74) is 0. The van der Waals surface area contributed by atoms with E-state index in [4.69, 9.17) is 0 Å². The monoisotopic (exact) mass is 170 g/mol. The molecule has 1 N–H and O–H groups in total. The molecule has 0 bridgehead atoms. The largest absolute Gasteiger partial charge is 0.343 e. The molecule has 1 rings (SSSR count). The lowest BCUT2D eigenvalue weighted by molar-refractivity contribution is -0.121. The van der Waals surface area contributed by atoms with Crippen LogP contribution < -0.4 is 5.32 Å². The van der Waals surface area contributed by atoms with Crippen LogP contribution in [0, 0.1) is 0 Å². The number of likely N-dealkylation sites (tertiary alicyclic amines) is 1. The molecule has 1 heterocycles. The van der Waals surface area contributed by atoms with Crippen LogP contribution in [0.25, 0.3) is 0 Å². The molecule has 1 aliphatic heterocycles. The Morgan fingerprint density at radius 3 is 2.58 bits per heavy atom. The maximum Gasteiger partial charge on any atom is 0.220 e. The van der Waals surface area contributed by atoms with Crippen LogP contribution in [0.5, 0.6) is 0 Å². The first-order valence-electron chi connectivity index (χ1n) is 4.82. The van der Waals surface area contributed by atoms with E-state index in [1.807, 2.05) is 6.92 Å². The van der Waals surface area contributed by atoms with Crippen LogP contribution >= 0.6 is 0 Å². The van der Waals surface area contributed by atoms with Gasteiger partial charge in [-0.3, -0.25) is 9.69 Å². The lowest BCUT2D eigenvalue weighted by Gasteiger charge is -2.26. The molecule has 0 aromatic carbocycles. The minimum Gasteiger partial charge on any atom is -0.343 e. The highest BCUT2D eigenvalue weighted by molar-refractivity contribution is 5.75. The van der Waals surface area contributed by atoms with Crippen molar-refractivity contribution >= 4 is 5.91 Å². The maximum absolute atomic E-state index is 10.9. The number of nitrogens with one attached hydrogen (secondary N) is 1. The Balaban J connectivity index is 2.09. The molecule has 3 nitrogen and oxygen atoms in total. The summed E-state index contributed by atoms with van der Waals surface area (Å²) in [4.78, 5) is 13.2.